The molecule has 0 aliphatic rings. The molecule has 41 heavy (non-hydrogen) atoms. The number of rotatable bonds is 9. The van der Waals surface area contributed by atoms with Crippen LogP contribution in [0.5, 0.6) is 0 Å². The van der Waals surface area contributed by atoms with Gasteiger partial charge < -0.3 is 20.3 Å². The highest BCUT2D eigenvalue weighted by Gasteiger charge is 2.38. The molecule has 3 N–H and O–H groups in total. The van der Waals surface area contributed by atoms with Crippen molar-refractivity contribution in [1.82, 2.24) is 14.5 Å². The molecule has 2 atom stereocenters. The number of hydrogen-bond acceptors (Lipinski definition) is 5. The van der Waals surface area contributed by atoms with Crippen molar-refractivity contribution in [3.63, 3.8) is 0 Å². The third-order valence-corrected chi connectivity index (χ3v) is 6.66. The van der Waals surface area contributed by atoms with E-state index in [1.165, 1.54) is 49.9 Å². The second kappa shape index (κ2) is 11.9. The summed E-state index contributed by atoms with van der Waals surface area (Å²) in [4.78, 5) is 49.2. The van der Waals surface area contributed by atoms with Crippen LogP contribution in [-0.2, 0) is 25.3 Å². The molecule has 0 saturated carbocycles. The van der Waals surface area contributed by atoms with Crippen LogP contribution in [0.15, 0.2) is 46.0 Å². The van der Waals surface area contributed by atoms with E-state index < -0.39 is 70.7 Å². The predicted molar refractivity (Wildman–Crippen MR) is 140 cm³/mol. The zero-order valence-corrected chi connectivity index (χ0v) is 22.4. The van der Waals surface area contributed by atoms with Gasteiger partial charge in [-0.05, 0) is 36.6 Å². The van der Waals surface area contributed by atoms with Gasteiger partial charge in [-0.15, -0.1) is 0 Å². The van der Waals surface area contributed by atoms with Gasteiger partial charge in [0.05, 0.1) is 5.56 Å². The number of nitrogens with zero attached hydrogens (tertiary/aromatic N) is 2. The highest BCUT2D eigenvalue weighted by molar-refractivity contribution is 5.97. The summed E-state index contributed by atoms with van der Waals surface area (Å²) in [5, 5.41) is 13.6. The number of anilines is 1. The number of amides is 1. The minimum Gasteiger partial charge on any atom is -0.480 e. The maximum absolute atomic E-state index is 14.6. The van der Waals surface area contributed by atoms with E-state index in [1.54, 1.807) is 6.92 Å². The second-order valence-corrected chi connectivity index (χ2v) is 9.39. The van der Waals surface area contributed by atoms with Crippen molar-refractivity contribution in [3.05, 3.63) is 85.7 Å². The molecule has 1 heterocycles. The standard InChI is InChI=1S/C27H27F5N4O5/c1-5-20(27(30,31)32)33-16-11-17(28)22(18(29)12-16)23(37)34-19(25(39)40)10-14-6-8-15(9-7-14)21-13(2)35(3)26(41)36(4)24(21)38/h6-9,11-12,19-20,33H,5,10H2,1-4H3,(H,34,37)(H,39,40)/t19-,20+/m0/s1. The number of carbonyl (C=O) groups is 2. The van der Waals surface area contributed by atoms with Crippen LogP contribution < -0.4 is 21.9 Å². The van der Waals surface area contributed by atoms with Gasteiger partial charge in [0, 0.05) is 31.9 Å². The molecule has 0 saturated heterocycles. The number of benzene rings is 2. The van der Waals surface area contributed by atoms with Crippen molar-refractivity contribution >= 4 is 17.6 Å². The summed E-state index contributed by atoms with van der Waals surface area (Å²) in [5.74, 6) is -5.89. The topological polar surface area (TPSA) is 122 Å². The van der Waals surface area contributed by atoms with Crippen molar-refractivity contribution < 1.29 is 36.6 Å². The number of alkyl halides is 3. The molecule has 2 aromatic carbocycles. The van der Waals surface area contributed by atoms with Crippen molar-refractivity contribution in [1.29, 1.82) is 0 Å². The van der Waals surface area contributed by atoms with Crippen LogP contribution in [0.25, 0.3) is 11.1 Å². The molecule has 220 valence electrons. The van der Waals surface area contributed by atoms with Gasteiger partial charge in [-0.25, -0.2) is 18.4 Å². The van der Waals surface area contributed by atoms with E-state index in [1.807, 2.05) is 10.6 Å². The first-order valence-corrected chi connectivity index (χ1v) is 12.3. The molecular formula is C27H27F5N4O5. The molecule has 0 radical (unpaired) electrons. The fourth-order valence-electron chi connectivity index (χ4n) is 4.24. The number of carbonyl (C=O) groups excluding carboxylic acids is 1. The first-order chi connectivity index (χ1) is 19.1. The maximum Gasteiger partial charge on any atom is 0.408 e. The Morgan fingerprint density at radius 3 is 2.05 bits per heavy atom. The van der Waals surface area contributed by atoms with E-state index in [0.29, 0.717) is 29.0 Å². The minimum atomic E-state index is -4.68. The van der Waals surface area contributed by atoms with Crippen molar-refractivity contribution in [2.75, 3.05) is 5.32 Å². The number of hydrogen-bond donors (Lipinski definition) is 3. The van der Waals surface area contributed by atoms with E-state index in [-0.39, 0.29) is 12.0 Å². The quantitative estimate of drug-likeness (QED) is 0.332. The molecule has 0 spiro atoms. The molecule has 1 amide bonds. The fraction of sp³-hybridized carbons (Fsp3) is 0.333. The largest absolute Gasteiger partial charge is 0.480 e. The van der Waals surface area contributed by atoms with Crippen LogP contribution in [0.3, 0.4) is 0 Å². The Morgan fingerprint density at radius 1 is 1.00 bits per heavy atom. The Labute approximate surface area is 230 Å². The smallest absolute Gasteiger partial charge is 0.408 e. The zero-order chi connectivity index (χ0) is 30.8. The molecule has 14 heteroatoms. The van der Waals surface area contributed by atoms with Gasteiger partial charge in [0.1, 0.15) is 29.3 Å². The molecular weight excluding hydrogens is 555 g/mol. The molecule has 0 bridgehead atoms. The lowest BCUT2D eigenvalue weighted by molar-refractivity contribution is -0.143. The molecule has 9 nitrogen and oxygen atoms in total. The summed E-state index contributed by atoms with van der Waals surface area (Å²) in [6.07, 6.45) is -5.41. The van der Waals surface area contributed by atoms with E-state index in [0.717, 1.165) is 4.57 Å². The lowest BCUT2D eigenvalue weighted by Gasteiger charge is -2.21. The summed E-state index contributed by atoms with van der Waals surface area (Å²) in [7, 11) is 2.84. The minimum absolute atomic E-state index is 0.258. The first-order valence-electron chi connectivity index (χ1n) is 12.3. The maximum atomic E-state index is 14.6. The van der Waals surface area contributed by atoms with Gasteiger partial charge >= 0.3 is 17.8 Å². The molecule has 0 unspecified atom stereocenters. The van der Waals surface area contributed by atoms with Crippen LogP contribution in [0, 0.1) is 18.6 Å². The lowest BCUT2D eigenvalue weighted by atomic mass is 10.00. The zero-order valence-electron chi connectivity index (χ0n) is 22.4. The Kier molecular flexibility index (Phi) is 9.04. The molecule has 0 aliphatic heterocycles. The van der Waals surface area contributed by atoms with E-state index in [9.17, 15) is 46.2 Å². The van der Waals surface area contributed by atoms with Gasteiger partial charge in [0.15, 0.2) is 0 Å². The van der Waals surface area contributed by atoms with Crippen molar-refractivity contribution in [2.45, 2.75) is 44.9 Å². The molecule has 3 aromatic rings. The molecule has 1 aromatic heterocycles. The van der Waals surface area contributed by atoms with Gasteiger partial charge in [-0.3, -0.25) is 14.2 Å². The summed E-state index contributed by atoms with van der Waals surface area (Å²) in [5.41, 5.74) is -1.21. The van der Waals surface area contributed by atoms with Crippen LogP contribution in [0.2, 0.25) is 0 Å². The highest BCUT2D eigenvalue weighted by Crippen LogP contribution is 2.28. The predicted octanol–water partition coefficient (Wildman–Crippen LogP) is 3.52. The Balaban J connectivity index is 1.82. The van der Waals surface area contributed by atoms with E-state index in [2.05, 4.69) is 0 Å². The van der Waals surface area contributed by atoms with Gasteiger partial charge in [-0.1, -0.05) is 31.2 Å². The van der Waals surface area contributed by atoms with Crippen LogP contribution in [-0.4, -0.2) is 44.4 Å². The number of carboxylic acids is 1. The number of aromatic nitrogens is 2. The Bertz CT molecular complexity index is 1570. The van der Waals surface area contributed by atoms with Gasteiger partial charge in [0.2, 0.25) is 0 Å². The molecule has 3 rings (SSSR count). The Morgan fingerprint density at radius 2 is 1.56 bits per heavy atom. The number of nitrogens with one attached hydrogen (secondary N) is 2. The Hall–Kier alpha value is -4.49. The molecule has 0 aliphatic carbocycles. The molecule has 0 fully saturated rings. The van der Waals surface area contributed by atoms with Gasteiger partial charge in [-0.2, -0.15) is 13.2 Å². The SMILES string of the molecule is CC[C@@H](Nc1cc(F)c(C(=O)N[C@@H](Cc2ccc(-c3c(C)n(C)c(=O)n(C)c3=O)cc2)C(=O)O)c(F)c1)C(F)(F)F. The van der Waals surface area contributed by atoms with Crippen molar-refractivity contribution in [2.24, 2.45) is 14.1 Å². The average Bonchev–Trinajstić information content (AvgIpc) is 2.89. The van der Waals surface area contributed by atoms with Crippen molar-refractivity contribution in [3.8, 4) is 11.1 Å². The summed E-state index contributed by atoms with van der Waals surface area (Å²) in [6.45, 7) is 2.83. The summed E-state index contributed by atoms with van der Waals surface area (Å²) in [6, 6.07) is 3.37. The fourth-order valence-corrected chi connectivity index (χ4v) is 4.24. The monoisotopic (exact) mass is 582 g/mol. The summed E-state index contributed by atoms with van der Waals surface area (Å²) >= 11 is 0. The number of carboxylic acid groups (broad SMARTS) is 1. The lowest BCUT2D eigenvalue weighted by Crippen LogP contribution is -2.43. The summed E-state index contributed by atoms with van der Waals surface area (Å²) < 4.78 is 70.5. The van der Waals surface area contributed by atoms with E-state index in [4.69, 9.17) is 0 Å². The van der Waals surface area contributed by atoms with Crippen LogP contribution >= 0.6 is 0 Å². The number of halogens is 5. The normalized spacial score (nSPS) is 13.0. The van der Waals surface area contributed by atoms with Crippen LogP contribution in [0.4, 0.5) is 27.6 Å². The third kappa shape index (κ3) is 6.64. The second-order valence-electron chi connectivity index (χ2n) is 9.39. The average molecular weight is 583 g/mol. The highest BCUT2D eigenvalue weighted by atomic mass is 19.4. The van der Waals surface area contributed by atoms with Crippen LogP contribution in [0.1, 0.15) is 35.0 Å². The number of aliphatic carboxylic acids is 1. The van der Waals surface area contributed by atoms with Gasteiger partial charge in [0.25, 0.3) is 11.5 Å². The third-order valence-electron chi connectivity index (χ3n) is 6.66. The van der Waals surface area contributed by atoms with E-state index >= 15 is 0 Å². The first kappa shape index (κ1) is 31.0.